The lowest BCUT2D eigenvalue weighted by Crippen LogP contribution is -2.00. The molecule has 4 rings (SSSR count). The monoisotopic (exact) mass is 396 g/mol. The molecule has 0 aliphatic rings. The maximum absolute atomic E-state index is 10.8. The second kappa shape index (κ2) is 8.53. The van der Waals surface area contributed by atoms with Crippen LogP contribution in [0.2, 0.25) is 0 Å². The first-order chi connectivity index (χ1) is 14.7. The van der Waals surface area contributed by atoms with Crippen molar-refractivity contribution in [2.75, 3.05) is 0 Å². The Bertz CT molecular complexity index is 1240. The summed E-state index contributed by atoms with van der Waals surface area (Å²) in [5.41, 5.74) is 6.50. The number of nitrogens with zero attached hydrogens (tertiary/aromatic N) is 3. The highest BCUT2D eigenvalue weighted by atomic mass is 16.4. The van der Waals surface area contributed by atoms with Crippen LogP contribution in [-0.4, -0.2) is 31.2 Å². The van der Waals surface area contributed by atoms with E-state index in [1.165, 1.54) is 0 Å². The Kier molecular flexibility index (Phi) is 5.48. The summed E-state index contributed by atoms with van der Waals surface area (Å²) >= 11 is 0. The van der Waals surface area contributed by atoms with Gasteiger partial charge in [0, 0.05) is 11.6 Å². The summed E-state index contributed by atoms with van der Waals surface area (Å²) in [5, 5.41) is 15.8. The van der Waals surface area contributed by atoms with E-state index in [0.29, 0.717) is 5.82 Å². The lowest BCUT2D eigenvalue weighted by molar-refractivity contribution is -0.131. The van der Waals surface area contributed by atoms with Gasteiger partial charge in [-0.05, 0) is 34.8 Å². The van der Waals surface area contributed by atoms with Crippen LogP contribution in [0, 0.1) is 0 Å². The SMILES string of the molecule is CCC(=C(c1ccc(C=CC(=O)O)cc1)c1ncc2[nH]ncc2n1)c1ccccc1. The molecule has 2 aromatic heterocycles. The van der Waals surface area contributed by atoms with Crippen molar-refractivity contribution >= 4 is 34.2 Å². The molecule has 4 aromatic rings. The maximum atomic E-state index is 10.8. The zero-order valence-electron chi connectivity index (χ0n) is 16.4. The van der Waals surface area contributed by atoms with Crippen molar-refractivity contribution in [1.29, 1.82) is 0 Å². The van der Waals surface area contributed by atoms with Crippen molar-refractivity contribution in [3.63, 3.8) is 0 Å². The second-order valence-electron chi connectivity index (χ2n) is 6.73. The summed E-state index contributed by atoms with van der Waals surface area (Å²) in [7, 11) is 0. The number of H-pyrrole nitrogens is 1. The summed E-state index contributed by atoms with van der Waals surface area (Å²) in [5.74, 6) is -0.350. The molecule has 0 unspecified atom stereocenters. The quantitative estimate of drug-likeness (QED) is 0.360. The first kappa shape index (κ1) is 19.3. The molecule has 30 heavy (non-hydrogen) atoms. The van der Waals surface area contributed by atoms with E-state index in [0.717, 1.165) is 51.4 Å². The van der Waals surface area contributed by atoms with Gasteiger partial charge in [0.1, 0.15) is 11.0 Å². The fourth-order valence-electron chi connectivity index (χ4n) is 3.39. The number of aromatic nitrogens is 4. The van der Waals surface area contributed by atoms with Crippen molar-refractivity contribution in [2.24, 2.45) is 0 Å². The predicted octanol–water partition coefficient (Wildman–Crippen LogP) is 4.82. The normalized spacial score (nSPS) is 12.3. The van der Waals surface area contributed by atoms with Crippen LogP contribution in [0.15, 0.2) is 73.1 Å². The Hall–Kier alpha value is -4.06. The van der Waals surface area contributed by atoms with Crippen LogP contribution in [0.3, 0.4) is 0 Å². The van der Waals surface area contributed by atoms with Crippen LogP contribution in [0.1, 0.15) is 35.9 Å². The first-order valence-electron chi connectivity index (χ1n) is 9.62. The van der Waals surface area contributed by atoms with Gasteiger partial charge in [0.05, 0.1) is 12.4 Å². The largest absolute Gasteiger partial charge is 0.478 e. The van der Waals surface area contributed by atoms with Gasteiger partial charge in [0.2, 0.25) is 0 Å². The minimum atomic E-state index is -0.973. The number of carbonyl (C=O) groups is 1. The number of nitrogens with one attached hydrogen (secondary N) is 1. The van der Waals surface area contributed by atoms with Crippen LogP contribution in [0.5, 0.6) is 0 Å². The van der Waals surface area contributed by atoms with Crippen LogP contribution in [0.4, 0.5) is 0 Å². The van der Waals surface area contributed by atoms with Gasteiger partial charge >= 0.3 is 5.97 Å². The van der Waals surface area contributed by atoms with E-state index in [1.807, 2.05) is 42.5 Å². The standard InChI is InChI=1S/C24H20N4O2/c1-2-19(17-6-4-3-5-7-17)23(24-25-14-21-20(27-24)15-26-28-21)18-11-8-16(9-12-18)10-13-22(29)30/h3-15H,2H2,1H3,(H,26,28)(H,29,30). The Morgan fingerprint density at radius 1 is 1.03 bits per heavy atom. The molecule has 0 atom stereocenters. The van der Waals surface area contributed by atoms with Crippen molar-refractivity contribution in [3.05, 3.63) is 95.6 Å². The summed E-state index contributed by atoms with van der Waals surface area (Å²) in [4.78, 5) is 20.1. The number of carboxylic acids is 1. The third-order valence-corrected chi connectivity index (χ3v) is 4.81. The number of benzene rings is 2. The Morgan fingerprint density at radius 2 is 1.80 bits per heavy atom. The molecule has 0 aliphatic heterocycles. The highest BCUT2D eigenvalue weighted by Crippen LogP contribution is 2.33. The van der Waals surface area contributed by atoms with Gasteiger partial charge in [0.15, 0.2) is 5.82 Å². The third kappa shape index (κ3) is 4.03. The summed E-state index contributed by atoms with van der Waals surface area (Å²) in [6, 6.07) is 17.9. The molecule has 148 valence electrons. The third-order valence-electron chi connectivity index (χ3n) is 4.81. The smallest absolute Gasteiger partial charge is 0.328 e. The number of fused-ring (bicyclic) bond motifs is 1. The lowest BCUT2D eigenvalue weighted by atomic mass is 9.91. The number of aliphatic carboxylic acids is 1. The Balaban J connectivity index is 1.89. The molecule has 6 heteroatoms. The topological polar surface area (TPSA) is 91.8 Å². The minimum Gasteiger partial charge on any atom is -0.478 e. The summed E-state index contributed by atoms with van der Waals surface area (Å²) in [6.07, 6.45) is 6.93. The van der Waals surface area contributed by atoms with Gasteiger partial charge in [-0.15, -0.1) is 0 Å². The van der Waals surface area contributed by atoms with Gasteiger partial charge in [-0.2, -0.15) is 5.10 Å². The minimum absolute atomic E-state index is 0.624. The molecule has 0 spiro atoms. The molecule has 0 radical (unpaired) electrons. The Labute approximate surface area is 173 Å². The van der Waals surface area contributed by atoms with Crippen molar-refractivity contribution in [1.82, 2.24) is 20.2 Å². The van der Waals surface area contributed by atoms with Crippen molar-refractivity contribution < 1.29 is 9.90 Å². The number of hydrogen-bond acceptors (Lipinski definition) is 4. The van der Waals surface area contributed by atoms with E-state index in [2.05, 4.69) is 34.2 Å². The van der Waals surface area contributed by atoms with E-state index in [4.69, 9.17) is 10.1 Å². The first-order valence-corrected chi connectivity index (χ1v) is 9.62. The molecule has 6 nitrogen and oxygen atoms in total. The highest BCUT2D eigenvalue weighted by Gasteiger charge is 2.16. The average Bonchev–Trinajstić information content (AvgIpc) is 3.25. The molecule has 0 bridgehead atoms. The van der Waals surface area contributed by atoms with Gasteiger partial charge in [-0.1, -0.05) is 61.5 Å². The second-order valence-corrected chi connectivity index (χ2v) is 6.73. The molecule has 0 amide bonds. The lowest BCUT2D eigenvalue weighted by Gasteiger charge is -2.15. The van der Waals surface area contributed by atoms with Crippen LogP contribution >= 0.6 is 0 Å². The number of rotatable bonds is 6. The van der Waals surface area contributed by atoms with E-state index in [-0.39, 0.29) is 0 Å². The zero-order chi connectivity index (χ0) is 20.9. The van der Waals surface area contributed by atoms with Crippen molar-refractivity contribution in [3.8, 4) is 0 Å². The fraction of sp³-hybridized carbons (Fsp3) is 0.0833. The van der Waals surface area contributed by atoms with E-state index >= 15 is 0 Å². The molecule has 0 fully saturated rings. The molecule has 2 heterocycles. The fourth-order valence-corrected chi connectivity index (χ4v) is 3.39. The number of carboxylic acid groups (broad SMARTS) is 1. The van der Waals surface area contributed by atoms with Crippen molar-refractivity contribution in [2.45, 2.75) is 13.3 Å². The van der Waals surface area contributed by atoms with Gasteiger partial charge < -0.3 is 5.11 Å². The molecule has 0 saturated heterocycles. The molecule has 0 saturated carbocycles. The number of hydrogen-bond donors (Lipinski definition) is 2. The van der Waals surface area contributed by atoms with Gasteiger partial charge in [-0.25, -0.2) is 14.8 Å². The van der Waals surface area contributed by atoms with E-state index in [9.17, 15) is 4.79 Å². The van der Waals surface area contributed by atoms with Gasteiger partial charge in [0.25, 0.3) is 0 Å². The van der Waals surface area contributed by atoms with Crippen LogP contribution < -0.4 is 0 Å². The maximum Gasteiger partial charge on any atom is 0.328 e. The average molecular weight is 396 g/mol. The number of aromatic amines is 1. The summed E-state index contributed by atoms with van der Waals surface area (Å²) < 4.78 is 0. The van der Waals surface area contributed by atoms with Crippen LogP contribution in [0.25, 0.3) is 28.3 Å². The van der Waals surface area contributed by atoms with Gasteiger partial charge in [-0.3, -0.25) is 5.10 Å². The molecule has 2 N–H and O–H groups in total. The van der Waals surface area contributed by atoms with Crippen LogP contribution in [-0.2, 0) is 4.79 Å². The molecule has 2 aromatic carbocycles. The zero-order valence-corrected chi connectivity index (χ0v) is 16.4. The number of allylic oxidation sites excluding steroid dienone is 1. The summed E-state index contributed by atoms with van der Waals surface area (Å²) in [6.45, 7) is 2.11. The van der Waals surface area contributed by atoms with E-state index < -0.39 is 5.97 Å². The highest BCUT2D eigenvalue weighted by molar-refractivity contribution is 5.97. The molecule has 0 aliphatic carbocycles. The van der Waals surface area contributed by atoms with E-state index in [1.54, 1.807) is 18.5 Å². The molecular formula is C24H20N4O2. The predicted molar refractivity (Wildman–Crippen MR) is 117 cm³/mol. The Morgan fingerprint density at radius 3 is 2.50 bits per heavy atom. The molecular weight excluding hydrogens is 376 g/mol.